The standard InChI is InChI=1S/C18H26N2/c1-6-19-16(5)18-8-7-9-20(18)12-17-14(3)10-13(2)11-15(17)4/h7-11,16,19H,6,12H2,1-5H3. The van der Waals surface area contributed by atoms with Crippen LogP contribution in [0.15, 0.2) is 30.5 Å². The highest BCUT2D eigenvalue weighted by molar-refractivity contribution is 5.38. The Bertz CT molecular complexity index is 558. The van der Waals surface area contributed by atoms with E-state index >= 15 is 0 Å². The highest BCUT2D eigenvalue weighted by Gasteiger charge is 2.11. The summed E-state index contributed by atoms with van der Waals surface area (Å²) in [5, 5.41) is 3.49. The first-order valence-corrected chi connectivity index (χ1v) is 7.48. The first kappa shape index (κ1) is 14.9. The molecule has 2 heteroatoms. The molecule has 0 amide bonds. The molecule has 20 heavy (non-hydrogen) atoms. The number of benzene rings is 1. The van der Waals surface area contributed by atoms with Crippen LogP contribution < -0.4 is 5.32 Å². The molecule has 2 nitrogen and oxygen atoms in total. The molecule has 0 fully saturated rings. The normalized spacial score (nSPS) is 12.7. The zero-order chi connectivity index (χ0) is 14.7. The Labute approximate surface area is 122 Å². The Morgan fingerprint density at radius 2 is 1.80 bits per heavy atom. The minimum Gasteiger partial charge on any atom is -0.346 e. The van der Waals surface area contributed by atoms with Gasteiger partial charge in [0.2, 0.25) is 0 Å². The molecule has 1 aromatic carbocycles. The van der Waals surface area contributed by atoms with E-state index in [0.717, 1.165) is 13.1 Å². The van der Waals surface area contributed by atoms with Crippen LogP contribution in [0.3, 0.4) is 0 Å². The molecule has 1 atom stereocenters. The maximum absolute atomic E-state index is 3.49. The van der Waals surface area contributed by atoms with Crippen LogP contribution in [0.5, 0.6) is 0 Å². The number of hydrogen-bond acceptors (Lipinski definition) is 1. The average Bonchev–Trinajstić information content (AvgIpc) is 2.82. The van der Waals surface area contributed by atoms with Gasteiger partial charge in [-0.15, -0.1) is 0 Å². The molecular weight excluding hydrogens is 244 g/mol. The maximum Gasteiger partial charge on any atom is 0.0478 e. The van der Waals surface area contributed by atoms with Gasteiger partial charge in [-0.25, -0.2) is 0 Å². The molecule has 1 aromatic heterocycles. The largest absolute Gasteiger partial charge is 0.346 e. The third-order valence-electron chi connectivity index (χ3n) is 3.99. The summed E-state index contributed by atoms with van der Waals surface area (Å²) in [7, 11) is 0. The van der Waals surface area contributed by atoms with Gasteiger partial charge in [0.15, 0.2) is 0 Å². The molecule has 0 saturated heterocycles. The van der Waals surface area contributed by atoms with E-state index in [1.165, 1.54) is 27.9 Å². The highest BCUT2D eigenvalue weighted by atomic mass is 15.0. The van der Waals surface area contributed by atoms with Gasteiger partial charge in [-0.3, -0.25) is 0 Å². The van der Waals surface area contributed by atoms with Gasteiger partial charge in [0.1, 0.15) is 0 Å². The van der Waals surface area contributed by atoms with Crippen LogP contribution in [0.25, 0.3) is 0 Å². The van der Waals surface area contributed by atoms with Crippen molar-refractivity contribution >= 4 is 0 Å². The van der Waals surface area contributed by atoms with E-state index in [9.17, 15) is 0 Å². The predicted molar refractivity (Wildman–Crippen MR) is 86.3 cm³/mol. The molecule has 1 unspecified atom stereocenters. The van der Waals surface area contributed by atoms with Crippen molar-refractivity contribution < 1.29 is 0 Å². The highest BCUT2D eigenvalue weighted by Crippen LogP contribution is 2.20. The Balaban J connectivity index is 2.30. The van der Waals surface area contributed by atoms with E-state index in [4.69, 9.17) is 0 Å². The fraction of sp³-hybridized carbons (Fsp3) is 0.444. The molecule has 1 N–H and O–H groups in total. The molecule has 2 aromatic rings. The molecule has 1 heterocycles. The summed E-state index contributed by atoms with van der Waals surface area (Å²) < 4.78 is 2.36. The predicted octanol–water partition coefficient (Wildman–Crippen LogP) is 4.13. The van der Waals surface area contributed by atoms with Crippen molar-refractivity contribution in [2.24, 2.45) is 0 Å². The molecule has 0 aliphatic heterocycles. The van der Waals surface area contributed by atoms with Crippen LogP contribution in [-0.2, 0) is 6.54 Å². The van der Waals surface area contributed by atoms with Gasteiger partial charge in [-0.05, 0) is 63.1 Å². The summed E-state index contributed by atoms with van der Waals surface area (Å²) in [5.41, 5.74) is 6.91. The molecule has 0 saturated carbocycles. The maximum atomic E-state index is 3.49. The summed E-state index contributed by atoms with van der Waals surface area (Å²) >= 11 is 0. The molecule has 0 aliphatic carbocycles. The average molecular weight is 270 g/mol. The van der Waals surface area contributed by atoms with Crippen molar-refractivity contribution in [2.45, 2.75) is 47.2 Å². The van der Waals surface area contributed by atoms with E-state index in [0.29, 0.717) is 6.04 Å². The second-order valence-corrected chi connectivity index (χ2v) is 5.72. The first-order chi connectivity index (χ1) is 9.52. The number of aryl methyl sites for hydroxylation is 3. The quantitative estimate of drug-likeness (QED) is 0.864. The molecule has 108 valence electrons. The van der Waals surface area contributed by atoms with Crippen LogP contribution in [0.2, 0.25) is 0 Å². The van der Waals surface area contributed by atoms with E-state index in [1.54, 1.807) is 0 Å². The van der Waals surface area contributed by atoms with Crippen molar-refractivity contribution in [1.29, 1.82) is 0 Å². The minimum atomic E-state index is 0.390. The lowest BCUT2D eigenvalue weighted by molar-refractivity contribution is 0.553. The molecule has 0 spiro atoms. The van der Waals surface area contributed by atoms with Crippen molar-refractivity contribution in [3.63, 3.8) is 0 Å². The number of rotatable bonds is 5. The molecule has 2 rings (SSSR count). The molecule has 0 bridgehead atoms. The second kappa shape index (κ2) is 6.27. The minimum absolute atomic E-state index is 0.390. The molecular formula is C18H26N2. The number of nitrogens with one attached hydrogen (secondary N) is 1. The van der Waals surface area contributed by atoms with Crippen molar-refractivity contribution in [1.82, 2.24) is 9.88 Å². The Morgan fingerprint density at radius 1 is 1.15 bits per heavy atom. The zero-order valence-electron chi connectivity index (χ0n) is 13.3. The third kappa shape index (κ3) is 3.13. The van der Waals surface area contributed by atoms with Gasteiger partial charge in [0.05, 0.1) is 0 Å². The van der Waals surface area contributed by atoms with Gasteiger partial charge in [0.25, 0.3) is 0 Å². The van der Waals surface area contributed by atoms with Gasteiger partial charge in [-0.2, -0.15) is 0 Å². The summed E-state index contributed by atoms with van der Waals surface area (Å²) in [6.07, 6.45) is 2.18. The van der Waals surface area contributed by atoms with Crippen LogP contribution in [0.4, 0.5) is 0 Å². The Kier molecular flexibility index (Phi) is 4.66. The van der Waals surface area contributed by atoms with Crippen molar-refractivity contribution in [3.8, 4) is 0 Å². The van der Waals surface area contributed by atoms with Gasteiger partial charge < -0.3 is 9.88 Å². The van der Waals surface area contributed by atoms with Crippen molar-refractivity contribution in [3.05, 3.63) is 58.4 Å². The lowest BCUT2D eigenvalue weighted by atomic mass is 9.99. The van der Waals surface area contributed by atoms with E-state index in [1.807, 2.05) is 0 Å². The van der Waals surface area contributed by atoms with E-state index in [2.05, 4.69) is 75.0 Å². The van der Waals surface area contributed by atoms with Crippen LogP contribution in [0, 0.1) is 20.8 Å². The van der Waals surface area contributed by atoms with Crippen LogP contribution in [0.1, 0.15) is 47.8 Å². The first-order valence-electron chi connectivity index (χ1n) is 7.48. The summed E-state index contributed by atoms with van der Waals surface area (Å²) in [6, 6.07) is 9.30. The fourth-order valence-corrected chi connectivity index (χ4v) is 3.00. The monoisotopic (exact) mass is 270 g/mol. The lowest BCUT2D eigenvalue weighted by Gasteiger charge is -2.18. The number of hydrogen-bond donors (Lipinski definition) is 1. The van der Waals surface area contributed by atoms with Crippen LogP contribution in [-0.4, -0.2) is 11.1 Å². The lowest BCUT2D eigenvalue weighted by Crippen LogP contribution is -2.21. The summed E-state index contributed by atoms with van der Waals surface area (Å²) in [4.78, 5) is 0. The molecule has 0 radical (unpaired) electrons. The SMILES string of the molecule is CCNC(C)c1cccn1Cc1c(C)cc(C)cc1C. The van der Waals surface area contributed by atoms with Crippen molar-refractivity contribution in [2.75, 3.05) is 6.54 Å². The zero-order valence-corrected chi connectivity index (χ0v) is 13.3. The van der Waals surface area contributed by atoms with Gasteiger partial charge >= 0.3 is 0 Å². The van der Waals surface area contributed by atoms with Gasteiger partial charge in [0, 0.05) is 24.5 Å². The summed E-state index contributed by atoms with van der Waals surface area (Å²) in [6.45, 7) is 12.9. The van der Waals surface area contributed by atoms with E-state index < -0.39 is 0 Å². The molecule has 0 aliphatic rings. The third-order valence-corrected chi connectivity index (χ3v) is 3.99. The number of aromatic nitrogens is 1. The number of nitrogens with zero attached hydrogens (tertiary/aromatic N) is 1. The van der Waals surface area contributed by atoms with Crippen LogP contribution >= 0.6 is 0 Å². The second-order valence-electron chi connectivity index (χ2n) is 5.72. The Morgan fingerprint density at radius 3 is 2.40 bits per heavy atom. The summed E-state index contributed by atoms with van der Waals surface area (Å²) in [5.74, 6) is 0. The smallest absolute Gasteiger partial charge is 0.0478 e. The van der Waals surface area contributed by atoms with Gasteiger partial charge in [-0.1, -0.05) is 24.6 Å². The fourth-order valence-electron chi connectivity index (χ4n) is 3.00. The topological polar surface area (TPSA) is 17.0 Å². The Hall–Kier alpha value is -1.54. The van der Waals surface area contributed by atoms with E-state index in [-0.39, 0.29) is 0 Å².